The van der Waals surface area contributed by atoms with Gasteiger partial charge in [-0.25, -0.2) is 5.43 Å². The quantitative estimate of drug-likeness (QED) is 0.680. The van der Waals surface area contributed by atoms with E-state index in [1.165, 1.54) is 5.56 Å². The molecule has 0 aliphatic heterocycles. The zero-order chi connectivity index (χ0) is 15.9. The highest BCUT2D eigenvalue weighted by atomic mass is 16.5. The van der Waals surface area contributed by atoms with Crippen LogP contribution in [-0.2, 0) is 4.79 Å². The number of nitrogens with zero attached hydrogens (tertiary/aromatic N) is 1. The lowest BCUT2D eigenvalue weighted by atomic mass is 10.0. The van der Waals surface area contributed by atoms with E-state index in [1.54, 1.807) is 18.3 Å². The van der Waals surface area contributed by atoms with Crippen LogP contribution >= 0.6 is 0 Å². The van der Waals surface area contributed by atoms with Gasteiger partial charge in [0.05, 0.1) is 6.21 Å². The Labute approximate surface area is 130 Å². The summed E-state index contributed by atoms with van der Waals surface area (Å²) >= 11 is 0. The molecule has 0 heterocycles. The third-order valence-electron chi connectivity index (χ3n) is 3.23. The number of amides is 1. The van der Waals surface area contributed by atoms with Gasteiger partial charge in [0.2, 0.25) is 0 Å². The highest BCUT2D eigenvalue weighted by molar-refractivity contribution is 5.85. The number of para-hydroxylation sites is 1. The van der Waals surface area contributed by atoms with Crippen LogP contribution in [0.2, 0.25) is 0 Å². The molecule has 0 spiro atoms. The number of benzene rings is 2. The van der Waals surface area contributed by atoms with Gasteiger partial charge in [0, 0.05) is 5.56 Å². The van der Waals surface area contributed by atoms with Crippen LogP contribution in [0.3, 0.4) is 0 Å². The second-order valence-electron chi connectivity index (χ2n) is 5.21. The van der Waals surface area contributed by atoms with Crippen LogP contribution in [0.15, 0.2) is 47.6 Å². The first-order valence-electron chi connectivity index (χ1n) is 7.14. The summed E-state index contributed by atoms with van der Waals surface area (Å²) < 4.78 is 5.35. The van der Waals surface area contributed by atoms with Gasteiger partial charge in [-0.05, 0) is 44.0 Å². The molecule has 0 aliphatic rings. The summed E-state index contributed by atoms with van der Waals surface area (Å²) in [5, 5.41) is 4.00. The van der Waals surface area contributed by atoms with Gasteiger partial charge in [-0.3, -0.25) is 4.79 Å². The predicted octanol–water partition coefficient (Wildman–Crippen LogP) is 3.14. The first-order valence-corrected chi connectivity index (χ1v) is 7.14. The fourth-order valence-corrected chi connectivity index (χ4v) is 2.26. The molecule has 1 amide bonds. The van der Waals surface area contributed by atoms with Crippen molar-refractivity contribution in [3.05, 3.63) is 64.7 Å². The normalized spacial score (nSPS) is 10.7. The molecule has 0 atom stereocenters. The van der Waals surface area contributed by atoms with E-state index < -0.39 is 0 Å². The Balaban J connectivity index is 1.88. The lowest BCUT2D eigenvalue weighted by Gasteiger charge is -2.07. The van der Waals surface area contributed by atoms with Crippen molar-refractivity contribution in [2.75, 3.05) is 6.61 Å². The number of ether oxygens (including phenoxy) is 1. The standard InChI is InChI=1S/C18H20N2O2/c1-13-9-14(2)17(15(3)10-13)11-19-20-18(21)12-22-16-7-5-4-6-8-16/h4-11H,12H2,1-3H3,(H,20,21). The van der Waals surface area contributed by atoms with Crippen LogP contribution in [0.5, 0.6) is 5.75 Å². The topological polar surface area (TPSA) is 50.7 Å². The number of carbonyl (C=O) groups is 1. The van der Waals surface area contributed by atoms with Crippen LogP contribution in [0.25, 0.3) is 0 Å². The molecule has 1 N–H and O–H groups in total. The first kappa shape index (κ1) is 15.8. The van der Waals surface area contributed by atoms with E-state index in [0.717, 1.165) is 16.7 Å². The molecular formula is C18H20N2O2. The van der Waals surface area contributed by atoms with Crippen molar-refractivity contribution >= 4 is 12.1 Å². The SMILES string of the molecule is Cc1cc(C)c(C=NNC(=O)COc2ccccc2)c(C)c1. The van der Waals surface area contributed by atoms with Crippen molar-refractivity contribution < 1.29 is 9.53 Å². The number of hydrazone groups is 1. The Morgan fingerprint density at radius 3 is 2.41 bits per heavy atom. The van der Waals surface area contributed by atoms with Gasteiger partial charge in [-0.1, -0.05) is 35.9 Å². The largest absolute Gasteiger partial charge is 0.484 e. The minimum atomic E-state index is -0.289. The van der Waals surface area contributed by atoms with E-state index in [2.05, 4.69) is 29.6 Å². The Hall–Kier alpha value is -2.62. The number of hydrogen-bond donors (Lipinski definition) is 1. The third kappa shape index (κ3) is 4.45. The maximum Gasteiger partial charge on any atom is 0.277 e. The Morgan fingerprint density at radius 2 is 1.77 bits per heavy atom. The molecule has 0 saturated heterocycles. The summed E-state index contributed by atoms with van der Waals surface area (Å²) in [5.74, 6) is 0.370. The fraction of sp³-hybridized carbons (Fsp3) is 0.222. The molecular weight excluding hydrogens is 276 g/mol. The first-order chi connectivity index (χ1) is 10.6. The highest BCUT2D eigenvalue weighted by Gasteiger charge is 2.03. The molecule has 4 nitrogen and oxygen atoms in total. The molecule has 0 saturated carbocycles. The van der Waals surface area contributed by atoms with Gasteiger partial charge in [0.25, 0.3) is 5.91 Å². The average molecular weight is 296 g/mol. The van der Waals surface area contributed by atoms with Gasteiger partial charge < -0.3 is 4.74 Å². The molecule has 0 unspecified atom stereocenters. The number of carbonyl (C=O) groups excluding carboxylic acids is 1. The Morgan fingerprint density at radius 1 is 1.14 bits per heavy atom. The van der Waals surface area contributed by atoms with Gasteiger partial charge >= 0.3 is 0 Å². The van der Waals surface area contributed by atoms with Crippen LogP contribution in [0.1, 0.15) is 22.3 Å². The number of hydrogen-bond acceptors (Lipinski definition) is 3. The maximum atomic E-state index is 11.7. The molecule has 22 heavy (non-hydrogen) atoms. The van der Waals surface area contributed by atoms with E-state index in [1.807, 2.05) is 32.0 Å². The zero-order valence-corrected chi connectivity index (χ0v) is 13.1. The molecule has 2 rings (SSSR count). The average Bonchev–Trinajstić information content (AvgIpc) is 2.49. The minimum absolute atomic E-state index is 0.0623. The second-order valence-corrected chi connectivity index (χ2v) is 5.21. The lowest BCUT2D eigenvalue weighted by Crippen LogP contribution is -2.24. The minimum Gasteiger partial charge on any atom is -0.484 e. The summed E-state index contributed by atoms with van der Waals surface area (Å²) in [5.41, 5.74) is 6.98. The fourth-order valence-electron chi connectivity index (χ4n) is 2.26. The number of nitrogens with one attached hydrogen (secondary N) is 1. The van der Waals surface area contributed by atoms with Gasteiger partial charge in [0.15, 0.2) is 6.61 Å². The summed E-state index contributed by atoms with van der Waals surface area (Å²) in [4.78, 5) is 11.7. The van der Waals surface area contributed by atoms with Crippen molar-refractivity contribution in [1.82, 2.24) is 5.43 Å². The van der Waals surface area contributed by atoms with Gasteiger partial charge in [-0.2, -0.15) is 5.10 Å². The highest BCUT2D eigenvalue weighted by Crippen LogP contribution is 2.14. The molecule has 0 aromatic heterocycles. The third-order valence-corrected chi connectivity index (χ3v) is 3.23. The summed E-state index contributed by atoms with van der Waals surface area (Å²) in [7, 11) is 0. The maximum absolute atomic E-state index is 11.7. The zero-order valence-electron chi connectivity index (χ0n) is 13.1. The monoisotopic (exact) mass is 296 g/mol. The van der Waals surface area contributed by atoms with Crippen LogP contribution in [0, 0.1) is 20.8 Å². The smallest absolute Gasteiger partial charge is 0.277 e. The molecule has 2 aromatic rings. The summed E-state index contributed by atoms with van der Waals surface area (Å²) in [6, 6.07) is 13.4. The van der Waals surface area contributed by atoms with E-state index in [0.29, 0.717) is 5.75 Å². The number of aryl methyl sites for hydroxylation is 3. The van der Waals surface area contributed by atoms with Crippen molar-refractivity contribution in [3.8, 4) is 5.75 Å². The molecule has 0 aliphatic carbocycles. The van der Waals surface area contributed by atoms with Crippen molar-refractivity contribution in [2.24, 2.45) is 5.10 Å². The Bertz CT molecular complexity index is 656. The predicted molar refractivity (Wildman–Crippen MR) is 88.3 cm³/mol. The van der Waals surface area contributed by atoms with E-state index in [-0.39, 0.29) is 12.5 Å². The van der Waals surface area contributed by atoms with E-state index in [4.69, 9.17) is 4.74 Å². The van der Waals surface area contributed by atoms with Crippen molar-refractivity contribution in [2.45, 2.75) is 20.8 Å². The second kappa shape index (κ2) is 7.41. The Kier molecular flexibility index (Phi) is 5.31. The summed E-state index contributed by atoms with van der Waals surface area (Å²) in [6.07, 6.45) is 1.67. The van der Waals surface area contributed by atoms with Crippen molar-refractivity contribution in [3.63, 3.8) is 0 Å². The lowest BCUT2D eigenvalue weighted by molar-refractivity contribution is -0.123. The number of rotatable bonds is 5. The van der Waals surface area contributed by atoms with Crippen LogP contribution < -0.4 is 10.2 Å². The molecule has 0 fully saturated rings. The van der Waals surface area contributed by atoms with Crippen LogP contribution in [0.4, 0.5) is 0 Å². The van der Waals surface area contributed by atoms with E-state index in [9.17, 15) is 4.79 Å². The molecule has 4 heteroatoms. The molecule has 114 valence electrons. The van der Waals surface area contributed by atoms with Crippen LogP contribution in [-0.4, -0.2) is 18.7 Å². The van der Waals surface area contributed by atoms with E-state index >= 15 is 0 Å². The molecule has 2 aromatic carbocycles. The molecule has 0 bridgehead atoms. The molecule has 0 radical (unpaired) electrons. The van der Waals surface area contributed by atoms with Crippen molar-refractivity contribution in [1.29, 1.82) is 0 Å². The van der Waals surface area contributed by atoms with Gasteiger partial charge in [-0.15, -0.1) is 0 Å². The van der Waals surface area contributed by atoms with Gasteiger partial charge in [0.1, 0.15) is 5.75 Å². The summed E-state index contributed by atoms with van der Waals surface area (Å²) in [6.45, 7) is 6.06.